The molecule has 0 radical (unpaired) electrons. The van der Waals surface area contributed by atoms with E-state index in [4.69, 9.17) is 9.47 Å². The minimum atomic E-state index is 0.220. The van der Waals surface area contributed by atoms with Crippen LogP contribution in [0.1, 0.15) is 44.2 Å². The van der Waals surface area contributed by atoms with E-state index in [-0.39, 0.29) is 6.04 Å². The van der Waals surface area contributed by atoms with Crippen LogP contribution < -0.4 is 14.8 Å². The lowest BCUT2D eigenvalue weighted by Crippen LogP contribution is -2.18. The Hall–Kier alpha value is -1.22. The monoisotopic (exact) mass is 249 g/mol. The van der Waals surface area contributed by atoms with Gasteiger partial charge in [-0.25, -0.2) is 0 Å². The third-order valence-electron chi connectivity index (χ3n) is 3.71. The largest absolute Gasteiger partial charge is 0.496 e. The Labute approximate surface area is 109 Å². The zero-order valence-corrected chi connectivity index (χ0v) is 11.5. The molecule has 3 nitrogen and oxygen atoms in total. The molecule has 100 valence electrons. The van der Waals surface area contributed by atoms with Crippen molar-refractivity contribution in [2.24, 2.45) is 0 Å². The molecule has 3 heteroatoms. The molecule has 1 atom stereocenters. The Morgan fingerprint density at radius 3 is 2.50 bits per heavy atom. The summed E-state index contributed by atoms with van der Waals surface area (Å²) in [6.07, 6.45) is 5.28. The molecular weight excluding hydrogens is 226 g/mol. The molecule has 1 aromatic rings. The van der Waals surface area contributed by atoms with Crippen molar-refractivity contribution in [3.05, 3.63) is 23.8 Å². The zero-order chi connectivity index (χ0) is 13.0. The summed E-state index contributed by atoms with van der Waals surface area (Å²) in [4.78, 5) is 0. The van der Waals surface area contributed by atoms with Crippen molar-refractivity contribution in [3.63, 3.8) is 0 Å². The third-order valence-corrected chi connectivity index (χ3v) is 3.71. The maximum absolute atomic E-state index is 6.15. The van der Waals surface area contributed by atoms with Crippen LogP contribution in [-0.2, 0) is 0 Å². The fourth-order valence-corrected chi connectivity index (χ4v) is 2.56. The summed E-state index contributed by atoms with van der Waals surface area (Å²) < 4.78 is 11.6. The van der Waals surface area contributed by atoms with E-state index in [0.29, 0.717) is 6.10 Å². The Bertz CT molecular complexity index is 386. The van der Waals surface area contributed by atoms with Gasteiger partial charge in [0.25, 0.3) is 0 Å². The lowest BCUT2D eigenvalue weighted by molar-refractivity contribution is 0.205. The molecule has 2 rings (SSSR count). The van der Waals surface area contributed by atoms with E-state index >= 15 is 0 Å². The van der Waals surface area contributed by atoms with Gasteiger partial charge in [-0.05, 0) is 51.8 Å². The molecule has 0 aliphatic heterocycles. The lowest BCUT2D eigenvalue weighted by atomic mass is 10.1. The van der Waals surface area contributed by atoms with E-state index in [2.05, 4.69) is 12.2 Å². The lowest BCUT2D eigenvalue weighted by Gasteiger charge is -2.22. The predicted molar refractivity (Wildman–Crippen MR) is 73.4 cm³/mol. The standard InChI is InChI=1S/C15H23NO2/c1-11(16-2)15-13(17-3)9-6-10-14(15)18-12-7-4-5-8-12/h6,9-12,16H,4-5,7-8H2,1-3H3. The number of ether oxygens (including phenoxy) is 2. The first-order chi connectivity index (χ1) is 8.76. The van der Waals surface area contributed by atoms with Gasteiger partial charge in [-0.3, -0.25) is 0 Å². The van der Waals surface area contributed by atoms with Gasteiger partial charge in [0.1, 0.15) is 11.5 Å². The molecule has 0 spiro atoms. The summed E-state index contributed by atoms with van der Waals surface area (Å²) in [5, 5.41) is 3.26. The first-order valence-corrected chi connectivity index (χ1v) is 6.77. The van der Waals surface area contributed by atoms with E-state index in [9.17, 15) is 0 Å². The smallest absolute Gasteiger partial charge is 0.128 e. The van der Waals surface area contributed by atoms with Crippen molar-refractivity contribution < 1.29 is 9.47 Å². The van der Waals surface area contributed by atoms with Gasteiger partial charge in [0, 0.05) is 6.04 Å². The molecule has 0 amide bonds. The summed E-state index contributed by atoms with van der Waals surface area (Å²) >= 11 is 0. The normalized spacial score (nSPS) is 17.7. The second-order valence-electron chi connectivity index (χ2n) is 4.91. The molecule has 0 heterocycles. The molecule has 1 fully saturated rings. The van der Waals surface area contributed by atoms with Crippen LogP contribution in [-0.4, -0.2) is 20.3 Å². The highest BCUT2D eigenvalue weighted by Crippen LogP contribution is 2.36. The van der Waals surface area contributed by atoms with Crippen LogP contribution in [0.3, 0.4) is 0 Å². The molecule has 0 aromatic heterocycles. The number of rotatable bonds is 5. The van der Waals surface area contributed by atoms with Gasteiger partial charge < -0.3 is 14.8 Å². The first-order valence-electron chi connectivity index (χ1n) is 6.77. The van der Waals surface area contributed by atoms with Crippen molar-refractivity contribution in [2.45, 2.75) is 44.8 Å². The van der Waals surface area contributed by atoms with Crippen molar-refractivity contribution in [1.29, 1.82) is 0 Å². The Morgan fingerprint density at radius 1 is 1.22 bits per heavy atom. The summed E-state index contributed by atoms with van der Waals surface area (Å²) in [5.74, 6) is 1.86. The van der Waals surface area contributed by atoms with E-state index in [1.54, 1.807) is 7.11 Å². The quantitative estimate of drug-likeness (QED) is 0.868. The van der Waals surface area contributed by atoms with E-state index in [0.717, 1.165) is 17.1 Å². The molecule has 0 bridgehead atoms. The van der Waals surface area contributed by atoms with Crippen LogP contribution in [0.2, 0.25) is 0 Å². The second kappa shape index (κ2) is 6.10. The van der Waals surface area contributed by atoms with E-state index in [1.807, 2.05) is 25.2 Å². The van der Waals surface area contributed by atoms with Gasteiger partial charge in [0.05, 0.1) is 18.8 Å². The maximum Gasteiger partial charge on any atom is 0.128 e. The molecule has 0 saturated heterocycles. The molecule has 1 aliphatic rings. The topological polar surface area (TPSA) is 30.5 Å². The number of hydrogen-bond acceptors (Lipinski definition) is 3. The predicted octanol–water partition coefficient (Wildman–Crippen LogP) is 3.30. The average molecular weight is 249 g/mol. The SMILES string of the molecule is CNC(C)c1c(OC)cccc1OC1CCCC1. The zero-order valence-electron chi connectivity index (χ0n) is 11.5. The van der Waals surface area contributed by atoms with Crippen molar-refractivity contribution in [2.75, 3.05) is 14.2 Å². The maximum atomic E-state index is 6.15. The Morgan fingerprint density at radius 2 is 1.89 bits per heavy atom. The minimum Gasteiger partial charge on any atom is -0.496 e. The second-order valence-corrected chi connectivity index (χ2v) is 4.91. The van der Waals surface area contributed by atoms with Crippen molar-refractivity contribution >= 4 is 0 Å². The molecular formula is C15H23NO2. The summed E-state index contributed by atoms with van der Waals surface area (Å²) in [5.41, 5.74) is 1.12. The van der Waals surface area contributed by atoms with E-state index in [1.165, 1.54) is 25.7 Å². The van der Waals surface area contributed by atoms with Gasteiger partial charge in [-0.1, -0.05) is 6.07 Å². The first kappa shape index (κ1) is 13.2. The van der Waals surface area contributed by atoms with Crippen LogP contribution in [0.5, 0.6) is 11.5 Å². The van der Waals surface area contributed by atoms with E-state index < -0.39 is 0 Å². The van der Waals surface area contributed by atoms with Crippen molar-refractivity contribution in [3.8, 4) is 11.5 Å². The Kier molecular flexibility index (Phi) is 4.48. The van der Waals surface area contributed by atoms with Crippen LogP contribution >= 0.6 is 0 Å². The highest BCUT2D eigenvalue weighted by atomic mass is 16.5. The Balaban J connectivity index is 2.26. The molecule has 1 N–H and O–H groups in total. The van der Waals surface area contributed by atoms with Gasteiger partial charge in [0.2, 0.25) is 0 Å². The number of methoxy groups -OCH3 is 1. The highest BCUT2D eigenvalue weighted by molar-refractivity contribution is 5.46. The molecule has 1 saturated carbocycles. The number of nitrogens with one attached hydrogen (secondary N) is 1. The summed E-state index contributed by atoms with van der Waals surface area (Å²) in [6.45, 7) is 2.12. The fourth-order valence-electron chi connectivity index (χ4n) is 2.56. The highest BCUT2D eigenvalue weighted by Gasteiger charge is 2.21. The number of benzene rings is 1. The van der Waals surface area contributed by atoms with Crippen molar-refractivity contribution in [1.82, 2.24) is 5.32 Å². The van der Waals surface area contributed by atoms with Gasteiger partial charge >= 0.3 is 0 Å². The van der Waals surface area contributed by atoms with Crippen LogP contribution in [0, 0.1) is 0 Å². The van der Waals surface area contributed by atoms with Gasteiger partial charge in [-0.2, -0.15) is 0 Å². The van der Waals surface area contributed by atoms with Crippen LogP contribution in [0.25, 0.3) is 0 Å². The van der Waals surface area contributed by atoms with Crippen LogP contribution in [0.15, 0.2) is 18.2 Å². The van der Waals surface area contributed by atoms with Gasteiger partial charge in [-0.15, -0.1) is 0 Å². The van der Waals surface area contributed by atoms with Gasteiger partial charge in [0.15, 0.2) is 0 Å². The minimum absolute atomic E-state index is 0.220. The van der Waals surface area contributed by atoms with Crippen LogP contribution in [0.4, 0.5) is 0 Å². The molecule has 1 aromatic carbocycles. The molecule has 18 heavy (non-hydrogen) atoms. The molecule has 1 aliphatic carbocycles. The molecule has 1 unspecified atom stereocenters. The summed E-state index contributed by atoms with van der Waals surface area (Å²) in [7, 11) is 3.66. The number of hydrogen-bond donors (Lipinski definition) is 1. The summed E-state index contributed by atoms with van der Waals surface area (Å²) in [6, 6.07) is 6.25. The third kappa shape index (κ3) is 2.78. The fraction of sp³-hybridized carbons (Fsp3) is 0.600. The average Bonchev–Trinajstić information content (AvgIpc) is 2.90.